The van der Waals surface area contributed by atoms with E-state index in [1.54, 1.807) is 0 Å². The van der Waals surface area contributed by atoms with E-state index in [1.165, 1.54) is 17.5 Å². The van der Waals surface area contributed by atoms with Gasteiger partial charge in [-0.1, -0.05) is 0 Å². The van der Waals surface area contributed by atoms with E-state index >= 15 is 0 Å². The molecular weight excluding hydrogens is 266 g/mol. The summed E-state index contributed by atoms with van der Waals surface area (Å²) in [6, 6.07) is 4.28. The zero-order valence-electron chi connectivity index (χ0n) is 13.0. The molecule has 116 valence electrons. The number of fused-ring (bicyclic) bond motifs is 1. The second-order valence-corrected chi connectivity index (χ2v) is 5.90. The Hall–Kier alpha value is -1.26. The summed E-state index contributed by atoms with van der Waals surface area (Å²) in [7, 11) is 0. The summed E-state index contributed by atoms with van der Waals surface area (Å²) in [5, 5.41) is 3.48. The molecule has 2 atom stereocenters. The van der Waals surface area contributed by atoms with Crippen LogP contribution in [0.25, 0.3) is 0 Å². The summed E-state index contributed by atoms with van der Waals surface area (Å²) in [5.41, 5.74) is 2.43. The van der Waals surface area contributed by atoms with Crippen LogP contribution in [0.3, 0.4) is 0 Å². The number of rotatable bonds is 6. The summed E-state index contributed by atoms with van der Waals surface area (Å²) in [4.78, 5) is 0. The van der Waals surface area contributed by atoms with Crippen LogP contribution in [0.1, 0.15) is 37.8 Å². The van der Waals surface area contributed by atoms with E-state index in [0.717, 1.165) is 44.0 Å². The lowest BCUT2D eigenvalue weighted by Gasteiger charge is -2.15. The van der Waals surface area contributed by atoms with Gasteiger partial charge in [0.2, 0.25) is 0 Å². The molecular formula is C17H25NO3. The maximum atomic E-state index is 5.85. The van der Waals surface area contributed by atoms with Crippen LogP contribution < -0.4 is 14.8 Å². The van der Waals surface area contributed by atoms with Crippen LogP contribution in [0.2, 0.25) is 0 Å². The zero-order chi connectivity index (χ0) is 14.7. The van der Waals surface area contributed by atoms with E-state index in [0.29, 0.717) is 12.7 Å². The van der Waals surface area contributed by atoms with Crippen molar-refractivity contribution >= 4 is 0 Å². The van der Waals surface area contributed by atoms with Crippen molar-refractivity contribution in [1.29, 1.82) is 0 Å². The van der Waals surface area contributed by atoms with E-state index in [9.17, 15) is 0 Å². The molecule has 1 N–H and O–H groups in total. The van der Waals surface area contributed by atoms with Crippen molar-refractivity contribution in [3.8, 4) is 11.5 Å². The lowest BCUT2D eigenvalue weighted by atomic mass is 10.1. The molecule has 1 saturated heterocycles. The molecule has 1 aromatic rings. The van der Waals surface area contributed by atoms with E-state index in [4.69, 9.17) is 14.2 Å². The largest absolute Gasteiger partial charge is 0.494 e. The number of benzene rings is 1. The molecule has 2 aliphatic heterocycles. The highest BCUT2D eigenvalue weighted by atomic mass is 16.5. The standard InChI is InChI=1S/C17H25NO3/c1-3-19-16-8-13-7-12(2)21-17(13)9-14(16)10-18-11-15-5-4-6-20-15/h8-9,12,15,18H,3-7,10-11H2,1-2H3. The normalized spacial score (nSPS) is 23.9. The average molecular weight is 291 g/mol. The SMILES string of the molecule is CCOc1cc2c(cc1CNCC1CCCO1)OC(C)C2. The second kappa shape index (κ2) is 6.67. The molecule has 2 unspecified atom stereocenters. The topological polar surface area (TPSA) is 39.7 Å². The molecule has 0 amide bonds. The Labute approximate surface area is 126 Å². The molecule has 0 saturated carbocycles. The van der Waals surface area contributed by atoms with Gasteiger partial charge in [-0.05, 0) is 38.8 Å². The Bertz CT molecular complexity index is 483. The van der Waals surface area contributed by atoms with Gasteiger partial charge in [0.15, 0.2) is 0 Å². The van der Waals surface area contributed by atoms with E-state index < -0.39 is 0 Å². The highest BCUT2D eigenvalue weighted by Gasteiger charge is 2.22. The first-order valence-corrected chi connectivity index (χ1v) is 8.04. The number of hydrogen-bond acceptors (Lipinski definition) is 4. The Morgan fingerprint density at radius 3 is 3.05 bits per heavy atom. The lowest BCUT2D eigenvalue weighted by Crippen LogP contribution is -2.26. The predicted molar refractivity (Wildman–Crippen MR) is 82.1 cm³/mol. The maximum absolute atomic E-state index is 5.85. The fourth-order valence-electron chi connectivity index (χ4n) is 3.08. The van der Waals surface area contributed by atoms with Crippen LogP contribution in [0.4, 0.5) is 0 Å². The molecule has 2 aliphatic rings. The summed E-state index contributed by atoms with van der Waals surface area (Å²) in [6.07, 6.45) is 3.95. The fraction of sp³-hybridized carbons (Fsp3) is 0.647. The maximum Gasteiger partial charge on any atom is 0.124 e. The quantitative estimate of drug-likeness (QED) is 0.875. The van der Waals surface area contributed by atoms with Gasteiger partial charge in [-0.2, -0.15) is 0 Å². The third-order valence-corrected chi connectivity index (χ3v) is 4.09. The highest BCUT2D eigenvalue weighted by molar-refractivity contribution is 5.48. The van der Waals surface area contributed by atoms with Crippen molar-refractivity contribution in [2.45, 2.75) is 51.9 Å². The van der Waals surface area contributed by atoms with Gasteiger partial charge in [-0.25, -0.2) is 0 Å². The smallest absolute Gasteiger partial charge is 0.124 e. The van der Waals surface area contributed by atoms with Gasteiger partial charge in [-0.3, -0.25) is 0 Å². The van der Waals surface area contributed by atoms with Crippen molar-refractivity contribution in [3.63, 3.8) is 0 Å². The number of nitrogens with one attached hydrogen (secondary N) is 1. The van der Waals surface area contributed by atoms with Gasteiger partial charge in [0, 0.05) is 37.2 Å². The molecule has 3 rings (SSSR count). The van der Waals surface area contributed by atoms with Crippen molar-refractivity contribution in [1.82, 2.24) is 5.32 Å². The van der Waals surface area contributed by atoms with Crippen molar-refractivity contribution in [2.24, 2.45) is 0 Å². The first kappa shape index (κ1) is 14.7. The molecule has 4 heteroatoms. The Kier molecular flexibility index (Phi) is 4.66. The molecule has 0 radical (unpaired) electrons. The highest BCUT2D eigenvalue weighted by Crippen LogP contribution is 2.35. The van der Waals surface area contributed by atoms with Crippen LogP contribution in [0.15, 0.2) is 12.1 Å². The minimum Gasteiger partial charge on any atom is -0.494 e. The molecule has 2 heterocycles. The van der Waals surface area contributed by atoms with Crippen molar-refractivity contribution < 1.29 is 14.2 Å². The molecule has 0 spiro atoms. The molecule has 1 aromatic carbocycles. The third-order valence-electron chi connectivity index (χ3n) is 4.09. The van der Waals surface area contributed by atoms with Crippen LogP contribution in [0.5, 0.6) is 11.5 Å². The fourth-order valence-corrected chi connectivity index (χ4v) is 3.08. The van der Waals surface area contributed by atoms with E-state index in [-0.39, 0.29) is 6.10 Å². The number of hydrogen-bond donors (Lipinski definition) is 1. The molecule has 0 aromatic heterocycles. The Morgan fingerprint density at radius 2 is 2.29 bits per heavy atom. The van der Waals surface area contributed by atoms with Crippen molar-refractivity contribution in [3.05, 3.63) is 23.3 Å². The zero-order valence-corrected chi connectivity index (χ0v) is 13.0. The summed E-state index contributed by atoms with van der Waals surface area (Å²) in [6.45, 7) is 7.42. The minimum atomic E-state index is 0.268. The molecule has 0 bridgehead atoms. The van der Waals surface area contributed by atoms with Crippen LogP contribution in [0, 0.1) is 0 Å². The number of ether oxygens (including phenoxy) is 3. The minimum absolute atomic E-state index is 0.268. The van der Waals surface area contributed by atoms with Gasteiger partial charge in [0.25, 0.3) is 0 Å². The first-order valence-electron chi connectivity index (χ1n) is 8.04. The van der Waals surface area contributed by atoms with Gasteiger partial charge < -0.3 is 19.5 Å². The molecule has 4 nitrogen and oxygen atoms in total. The average Bonchev–Trinajstić information content (AvgIpc) is 3.07. The molecule has 1 fully saturated rings. The Morgan fingerprint density at radius 1 is 1.38 bits per heavy atom. The van der Waals surface area contributed by atoms with E-state index in [2.05, 4.69) is 24.4 Å². The summed E-state index contributed by atoms with van der Waals surface area (Å²) < 4.78 is 17.3. The van der Waals surface area contributed by atoms with E-state index in [1.807, 2.05) is 6.92 Å². The van der Waals surface area contributed by atoms with Crippen LogP contribution in [-0.2, 0) is 17.7 Å². The van der Waals surface area contributed by atoms with Crippen LogP contribution in [-0.4, -0.2) is 32.0 Å². The first-order chi connectivity index (χ1) is 10.3. The monoisotopic (exact) mass is 291 g/mol. The van der Waals surface area contributed by atoms with Crippen LogP contribution >= 0.6 is 0 Å². The van der Waals surface area contributed by atoms with Crippen molar-refractivity contribution in [2.75, 3.05) is 19.8 Å². The van der Waals surface area contributed by atoms with Gasteiger partial charge in [0.05, 0.1) is 12.7 Å². The van der Waals surface area contributed by atoms with Gasteiger partial charge in [-0.15, -0.1) is 0 Å². The molecule has 0 aliphatic carbocycles. The Balaban J connectivity index is 1.66. The van der Waals surface area contributed by atoms with Gasteiger partial charge in [0.1, 0.15) is 17.6 Å². The molecule has 21 heavy (non-hydrogen) atoms. The summed E-state index contributed by atoms with van der Waals surface area (Å²) >= 11 is 0. The predicted octanol–water partition coefficient (Wildman–Crippen LogP) is 2.68. The summed E-state index contributed by atoms with van der Waals surface area (Å²) in [5.74, 6) is 1.99. The lowest BCUT2D eigenvalue weighted by molar-refractivity contribution is 0.110. The van der Waals surface area contributed by atoms with Gasteiger partial charge >= 0.3 is 0 Å². The second-order valence-electron chi connectivity index (χ2n) is 5.90. The third kappa shape index (κ3) is 3.50.